The molecule has 0 saturated heterocycles. The van der Waals surface area contributed by atoms with Gasteiger partial charge in [-0.25, -0.2) is 0 Å². The van der Waals surface area contributed by atoms with Gasteiger partial charge in [0.1, 0.15) is 0 Å². The number of rotatable bonds is 3. The minimum Gasteiger partial charge on any atom is -0.349 e. The second-order valence-electron chi connectivity index (χ2n) is 3.06. The molecule has 0 atom stereocenters. The molecule has 0 bridgehead atoms. The SMILES string of the molecule is Cc1ccc(CNc2nc(Cl)nc(Cl)n2)s1. The van der Waals surface area contributed by atoms with E-state index in [0.29, 0.717) is 12.5 Å². The molecule has 0 aliphatic rings. The van der Waals surface area contributed by atoms with Crippen LogP contribution in [0.2, 0.25) is 10.6 Å². The first-order valence-corrected chi connectivity index (χ1v) is 6.07. The highest BCUT2D eigenvalue weighted by atomic mass is 35.5. The summed E-state index contributed by atoms with van der Waals surface area (Å²) in [5.74, 6) is 0.385. The van der Waals surface area contributed by atoms with Gasteiger partial charge in [-0.3, -0.25) is 0 Å². The lowest BCUT2D eigenvalue weighted by molar-refractivity contribution is 1.01. The number of thiophene rings is 1. The lowest BCUT2D eigenvalue weighted by Gasteiger charge is -2.02. The monoisotopic (exact) mass is 274 g/mol. The van der Waals surface area contributed by atoms with Crippen LogP contribution in [0.4, 0.5) is 5.95 Å². The molecule has 7 heteroatoms. The molecule has 16 heavy (non-hydrogen) atoms. The van der Waals surface area contributed by atoms with Gasteiger partial charge in [-0.2, -0.15) is 15.0 Å². The van der Waals surface area contributed by atoms with Crippen molar-refractivity contribution < 1.29 is 0 Å². The van der Waals surface area contributed by atoms with E-state index in [9.17, 15) is 0 Å². The van der Waals surface area contributed by atoms with E-state index < -0.39 is 0 Å². The summed E-state index contributed by atoms with van der Waals surface area (Å²) in [4.78, 5) is 13.9. The molecule has 2 heterocycles. The molecule has 4 nitrogen and oxygen atoms in total. The average molecular weight is 275 g/mol. The van der Waals surface area contributed by atoms with Crippen molar-refractivity contribution in [1.82, 2.24) is 15.0 Å². The number of aryl methyl sites for hydroxylation is 1. The summed E-state index contributed by atoms with van der Waals surface area (Å²) in [5, 5.41) is 3.21. The van der Waals surface area contributed by atoms with Crippen LogP contribution >= 0.6 is 34.5 Å². The van der Waals surface area contributed by atoms with E-state index in [0.717, 1.165) is 0 Å². The number of hydrogen-bond donors (Lipinski definition) is 1. The van der Waals surface area contributed by atoms with Crippen LogP contribution in [-0.2, 0) is 6.54 Å². The third-order valence-corrected chi connectivity index (χ3v) is 3.14. The molecule has 0 fully saturated rings. The quantitative estimate of drug-likeness (QED) is 0.934. The Kier molecular flexibility index (Phi) is 3.58. The predicted octanol–water partition coefficient (Wildman–Crippen LogP) is 3.16. The first-order valence-electron chi connectivity index (χ1n) is 4.50. The maximum absolute atomic E-state index is 5.65. The lowest BCUT2D eigenvalue weighted by atomic mass is 10.4. The van der Waals surface area contributed by atoms with E-state index in [1.54, 1.807) is 11.3 Å². The second kappa shape index (κ2) is 4.95. The summed E-state index contributed by atoms with van der Waals surface area (Å²) in [6.07, 6.45) is 0. The lowest BCUT2D eigenvalue weighted by Crippen LogP contribution is -2.03. The van der Waals surface area contributed by atoms with Crippen LogP contribution in [0.25, 0.3) is 0 Å². The van der Waals surface area contributed by atoms with Crippen molar-refractivity contribution in [3.63, 3.8) is 0 Å². The van der Waals surface area contributed by atoms with Gasteiger partial charge in [0.25, 0.3) is 0 Å². The Morgan fingerprint density at radius 3 is 2.44 bits per heavy atom. The van der Waals surface area contributed by atoms with Gasteiger partial charge < -0.3 is 5.32 Å². The van der Waals surface area contributed by atoms with Crippen LogP contribution in [-0.4, -0.2) is 15.0 Å². The smallest absolute Gasteiger partial charge is 0.228 e. The van der Waals surface area contributed by atoms with Crippen LogP contribution < -0.4 is 5.32 Å². The molecule has 0 aromatic carbocycles. The molecule has 0 aliphatic carbocycles. The molecular weight excluding hydrogens is 267 g/mol. The largest absolute Gasteiger partial charge is 0.349 e. The molecule has 1 N–H and O–H groups in total. The fourth-order valence-electron chi connectivity index (χ4n) is 1.15. The first kappa shape index (κ1) is 11.6. The summed E-state index contributed by atoms with van der Waals surface area (Å²) in [7, 11) is 0. The number of anilines is 1. The molecule has 84 valence electrons. The fourth-order valence-corrected chi connectivity index (χ4v) is 2.34. The van der Waals surface area contributed by atoms with Crippen molar-refractivity contribution in [3.05, 3.63) is 32.5 Å². The second-order valence-corrected chi connectivity index (χ2v) is 5.11. The van der Waals surface area contributed by atoms with Gasteiger partial charge in [-0.05, 0) is 42.3 Å². The number of halogens is 2. The molecule has 2 rings (SSSR count). The molecule has 0 unspecified atom stereocenters. The molecule has 2 aromatic heterocycles. The summed E-state index contributed by atoms with van der Waals surface area (Å²) in [5.41, 5.74) is 0. The topological polar surface area (TPSA) is 50.7 Å². The predicted molar refractivity (Wildman–Crippen MR) is 66.2 cm³/mol. The van der Waals surface area contributed by atoms with Gasteiger partial charge in [-0.1, -0.05) is 0 Å². The third-order valence-electron chi connectivity index (χ3n) is 1.80. The standard InChI is InChI=1S/C9H8Cl2N4S/c1-5-2-3-6(16-5)4-12-9-14-7(10)13-8(11)15-9/h2-3H,4H2,1H3,(H,12,13,14,15). The van der Waals surface area contributed by atoms with E-state index in [4.69, 9.17) is 23.2 Å². The van der Waals surface area contributed by atoms with Crippen LogP contribution in [0.5, 0.6) is 0 Å². The molecule has 2 aromatic rings. The number of nitrogens with one attached hydrogen (secondary N) is 1. The fraction of sp³-hybridized carbons (Fsp3) is 0.222. The molecule has 0 aliphatic heterocycles. The van der Waals surface area contributed by atoms with Gasteiger partial charge in [0, 0.05) is 9.75 Å². The highest BCUT2D eigenvalue weighted by Crippen LogP contribution is 2.16. The first-order chi connectivity index (χ1) is 7.63. The van der Waals surface area contributed by atoms with Gasteiger partial charge in [0.2, 0.25) is 16.5 Å². The van der Waals surface area contributed by atoms with Gasteiger partial charge in [0.05, 0.1) is 6.54 Å². The normalized spacial score (nSPS) is 10.4. The van der Waals surface area contributed by atoms with Gasteiger partial charge in [-0.15, -0.1) is 11.3 Å². The number of nitrogens with zero attached hydrogens (tertiary/aromatic N) is 3. The van der Waals surface area contributed by atoms with Crippen LogP contribution in [0.1, 0.15) is 9.75 Å². The van der Waals surface area contributed by atoms with Crippen molar-refractivity contribution in [1.29, 1.82) is 0 Å². The Labute approximate surface area is 107 Å². The van der Waals surface area contributed by atoms with Crippen molar-refractivity contribution in [2.45, 2.75) is 13.5 Å². The van der Waals surface area contributed by atoms with E-state index in [-0.39, 0.29) is 10.6 Å². The molecule has 0 saturated carbocycles. The zero-order valence-corrected chi connectivity index (χ0v) is 10.7. The van der Waals surface area contributed by atoms with Gasteiger partial charge in [0.15, 0.2) is 0 Å². The maximum atomic E-state index is 5.65. The van der Waals surface area contributed by atoms with Crippen molar-refractivity contribution in [3.8, 4) is 0 Å². The summed E-state index contributed by atoms with van der Waals surface area (Å²) in [6, 6.07) is 4.12. The Hall–Kier alpha value is -0.910. The Morgan fingerprint density at radius 1 is 1.19 bits per heavy atom. The minimum absolute atomic E-state index is 0.0878. The zero-order chi connectivity index (χ0) is 11.5. The van der Waals surface area contributed by atoms with E-state index >= 15 is 0 Å². The van der Waals surface area contributed by atoms with E-state index in [2.05, 4.69) is 39.3 Å². The van der Waals surface area contributed by atoms with Crippen LogP contribution in [0.15, 0.2) is 12.1 Å². The molecule has 0 radical (unpaired) electrons. The third kappa shape index (κ3) is 3.04. The van der Waals surface area contributed by atoms with E-state index in [1.165, 1.54) is 9.75 Å². The minimum atomic E-state index is 0.0878. The summed E-state index contributed by atoms with van der Waals surface area (Å²) in [6.45, 7) is 2.71. The van der Waals surface area contributed by atoms with Gasteiger partial charge >= 0.3 is 0 Å². The Balaban J connectivity index is 2.04. The van der Waals surface area contributed by atoms with Crippen molar-refractivity contribution in [2.24, 2.45) is 0 Å². The zero-order valence-electron chi connectivity index (χ0n) is 8.37. The highest BCUT2D eigenvalue weighted by Gasteiger charge is 2.03. The Morgan fingerprint density at radius 2 is 1.88 bits per heavy atom. The molecule has 0 spiro atoms. The number of aromatic nitrogens is 3. The maximum Gasteiger partial charge on any atom is 0.228 e. The van der Waals surface area contributed by atoms with Crippen LogP contribution in [0, 0.1) is 6.92 Å². The average Bonchev–Trinajstić information content (AvgIpc) is 2.60. The number of hydrogen-bond acceptors (Lipinski definition) is 5. The van der Waals surface area contributed by atoms with E-state index in [1.807, 2.05) is 0 Å². The summed E-state index contributed by atoms with van der Waals surface area (Å²) >= 11 is 13.0. The van der Waals surface area contributed by atoms with Crippen LogP contribution in [0.3, 0.4) is 0 Å². The summed E-state index contributed by atoms with van der Waals surface area (Å²) < 4.78 is 0. The molecule has 0 amide bonds. The Bertz CT molecular complexity index is 480. The van der Waals surface area contributed by atoms with Crippen molar-refractivity contribution in [2.75, 3.05) is 5.32 Å². The highest BCUT2D eigenvalue weighted by molar-refractivity contribution is 7.11. The molecular formula is C9H8Cl2N4S. The van der Waals surface area contributed by atoms with Crippen molar-refractivity contribution >= 4 is 40.5 Å².